The van der Waals surface area contributed by atoms with Gasteiger partial charge in [-0.3, -0.25) is 4.79 Å². The standard InChI is InChI=1S/C13H16FNO4S/c1-19-8-11(13(17)18)15-12(16)6-7-20-10-4-2-9(14)3-5-10/h2-5,11H,6-8H2,1H3,(H,15,16)(H,17,18). The first kappa shape index (κ1) is 16.5. The quantitative estimate of drug-likeness (QED) is 0.712. The fraction of sp³-hybridized carbons (Fsp3) is 0.385. The molecule has 0 fully saturated rings. The van der Waals surface area contributed by atoms with Gasteiger partial charge in [0.1, 0.15) is 5.82 Å². The van der Waals surface area contributed by atoms with E-state index in [9.17, 15) is 14.0 Å². The summed E-state index contributed by atoms with van der Waals surface area (Å²) in [4.78, 5) is 23.2. The smallest absolute Gasteiger partial charge is 0.328 e. The van der Waals surface area contributed by atoms with E-state index in [4.69, 9.17) is 9.84 Å². The van der Waals surface area contributed by atoms with Gasteiger partial charge >= 0.3 is 5.97 Å². The number of carbonyl (C=O) groups is 2. The van der Waals surface area contributed by atoms with Crippen LogP contribution in [0.25, 0.3) is 0 Å². The first-order valence-electron chi connectivity index (χ1n) is 5.92. The number of carbonyl (C=O) groups excluding carboxylic acids is 1. The lowest BCUT2D eigenvalue weighted by Gasteiger charge is -2.13. The fourth-order valence-corrected chi connectivity index (χ4v) is 2.25. The number of hydrogen-bond donors (Lipinski definition) is 2. The molecule has 0 aliphatic heterocycles. The second-order valence-corrected chi connectivity index (χ2v) is 5.13. The van der Waals surface area contributed by atoms with Crippen molar-refractivity contribution >= 4 is 23.6 Å². The maximum absolute atomic E-state index is 12.7. The molecule has 1 aromatic carbocycles. The molecule has 20 heavy (non-hydrogen) atoms. The van der Waals surface area contributed by atoms with Gasteiger partial charge in [0, 0.05) is 24.2 Å². The zero-order valence-corrected chi connectivity index (χ0v) is 11.8. The molecule has 1 aromatic rings. The van der Waals surface area contributed by atoms with Crippen molar-refractivity contribution in [1.82, 2.24) is 5.32 Å². The minimum atomic E-state index is -1.13. The van der Waals surface area contributed by atoms with Crippen LogP contribution in [-0.2, 0) is 14.3 Å². The molecule has 7 heteroatoms. The number of ether oxygens (including phenoxy) is 1. The SMILES string of the molecule is COCC(NC(=O)CCSc1ccc(F)cc1)C(=O)O. The summed E-state index contributed by atoms with van der Waals surface area (Å²) >= 11 is 1.40. The van der Waals surface area contributed by atoms with Crippen molar-refractivity contribution in [3.05, 3.63) is 30.1 Å². The average molecular weight is 301 g/mol. The summed E-state index contributed by atoms with van der Waals surface area (Å²) < 4.78 is 17.4. The van der Waals surface area contributed by atoms with Crippen molar-refractivity contribution in [1.29, 1.82) is 0 Å². The van der Waals surface area contributed by atoms with E-state index >= 15 is 0 Å². The van der Waals surface area contributed by atoms with Gasteiger partial charge in [-0.2, -0.15) is 0 Å². The number of nitrogens with one attached hydrogen (secondary N) is 1. The number of aliphatic carboxylic acids is 1. The molecule has 0 aliphatic rings. The molecule has 2 N–H and O–H groups in total. The van der Waals surface area contributed by atoms with Crippen LogP contribution in [0.1, 0.15) is 6.42 Å². The summed E-state index contributed by atoms with van der Waals surface area (Å²) in [6, 6.07) is 4.91. The molecular weight excluding hydrogens is 285 g/mol. The third kappa shape index (κ3) is 6.03. The largest absolute Gasteiger partial charge is 0.480 e. The molecule has 0 aliphatic carbocycles. The van der Waals surface area contributed by atoms with E-state index in [1.165, 1.54) is 31.0 Å². The number of amides is 1. The van der Waals surface area contributed by atoms with E-state index in [1.54, 1.807) is 12.1 Å². The normalized spacial score (nSPS) is 11.9. The molecule has 0 spiro atoms. The van der Waals surface area contributed by atoms with E-state index < -0.39 is 12.0 Å². The molecule has 1 unspecified atom stereocenters. The number of hydrogen-bond acceptors (Lipinski definition) is 4. The molecule has 0 saturated heterocycles. The van der Waals surface area contributed by atoms with Gasteiger partial charge in [-0.15, -0.1) is 11.8 Å². The topological polar surface area (TPSA) is 75.6 Å². The summed E-state index contributed by atoms with van der Waals surface area (Å²) in [6.07, 6.45) is 0.176. The van der Waals surface area contributed by atoms with Crippen molar-refractivity contribution in [2.75, 3.05) is 19.5 Å². The van der Waals surface area contributed by atoms with E-state index in [0.717, 1.165) is 4.90 Å². The number of carboxylic acids is 1. The Balaban J connectivity index is 2.32. The van der Waals surface area contributed by atoms with Crippen molar-refractivity contribution < 1.29 is 23.8 Å². The number of methoxy groups -OCH3 is 1. The first-order valence-corrected chi connectivity index (χ1v) is 6.91. The molecule has 1 atom stereocenters. The predicted molar refractivity (Wildman–Crippen MR) is 73.2 cm³/mol. The molecule has 110 valence electrons. The highest BCUT2D eigenvalue weighted by molar-refractivity contribution is 7.99. The number of halogens is 1. The Morgan fingerprint density at radius 3 is 2.60 bits per heavy atom. The van der Waals surface area contributed by atoms with Crippen molar-refractivity contribution in [3.63, 3.8) is 0 Å². The molecule has 0 radical (unpaired) electrons. The van der Waals surface area contributed by atoms with Crippen LogP contribution in [0.4, 0.5) is 4.39 Å². The van der Waals surface area contributed by atoms with Crippen molar-refractivity contribution in [3.8, 4) is 0 Å². The molecule has 0 saturated carbocycles. The van der Waals surface area contributed by atoms with Gasteiger partial charge in [-0.05, 0) is 24.3 Å². The van der Waals surface area contributed by atoms with Crippen molar-refractivity contribution in [2.45, 2.75) is 17.4 Å². The van der Waals surface area contributed by atoms with Crippen molar-refractivity contribution in [2.24, 2.45) is 0 Å². The third-order valence-corrected chi connectivity index (χ3v) is 3.39. The number of carboxylic acid groups (broad SMARTS) is 1. The fourth-order valence-electron chi connectivity index (χ4n) is 1.40. The molecule has 1 amide bonds. The van der Waals surface area contributed by atoms with Gasteiger partial charge in [0.05, 0.1) is 6.61 Å². The zero-order valence-electron chi connectivity index (χ0n) is 11.0. The zero-order chi connectivity index (χ0) is 15.0. The molecule has 0 aromatic heterocycles. The van der Waals surface area contributed by atoms with Crippen LogP contribution in [0.5, 0.6) is 0 Å². The van der Waals surface area contributed by atoms with Crippen LogP contribution in [0.15, 0.2) is 29.2 Å². The Bertz CT molecular complexity index is 452. The second kappa shape index (κ2) is 8.55. The number of thioether (sulfide) groups is 1. The van der Waals surface area contributed by atoms with E-state index in [2.05, 4.69) is 5.32 Å². The first-order chi connectivity index (χ1) is 9.52. The maximum atomic E-state index is 12.7. The monoisotopic (exact) mass is 301 g/mol. The summed E-state index contributed by atoms with van der Waals surface area (Å²) in [7, 11) is 1.37. The average Bonchev–Trinajstić information content (AvgIpc) is 2.40. The van der Waals surface area contributed by atoms with Gasteiger partial charge < -0.3 is 15.2 Å². The van der Waals surface area contributed by atoms with E-state index in [-0.39, 0.29) is 24.8 Å². The highest BCUT2D eigenvalue weighted by Gasteiger charge is 2.19. The number of rotatable bonds is 8. The minimum absolute atomic E-state index is 0.0772. The lowest BCUT2D eigenvalue weighted by Crippen LogP contribution is -2.43. The van der Waals surface area contributed by atoms with Crippen LogP contribution in [0.2, 0.25) is 0 Å². The summed E-state index contributed by atoms with van der Waals surface area (Å²) in [6.45, 7) is -0.0772. The second-order valence-electron chi connectivity index (χ2n) is 3.97. The summed E-state index contributed by atoms with van der Waals surface area (Å²) in [5.74, 6) is -1.32. The Hall–Kier alpha value is -1.60. The van der Waals surface area contributed by atoms with E-state index in [1.807, 2.05) is 0 Å². The third-order valence-electron chi connectivity index (χ3n) is 2.38. The molecule has 5 nitrogen and oxygen atoms in total. The van der Waals surface area contributed by atoms with Gasteiger partial charge in [-0.25, -0.2) is 9.18 Å². The maximum Gasteiger partial charge on any atom is 0.328 e. The Labute approximate surface area is 120 Å². The molecule has 0 heterocycles. The van der Waals surface area contributed by atoms with Crippen LogP contribution in [0, 0.1) is 5.82 Å². The molecule has 1 rings (SSSR count). The lowest BCUT2D eigenvalue weighted by molar-refractivity contribution is -0.143. The Morgan fingerprint density at radius 1 is 1.40 bits per heavy atom. The highest BCUT2D eigenvalue weighted by Crippen LogP contribution is 2.18. The van der Waals surface area contributed by atoms with Gasteiger partial charge in [-0.1, -0.05) is 0 Å². The summed E-state index contributed by atoms with van der Waals surface area (Å²) in [5, 5.41) is 11.2. The van der Waals surface area contributed by atoms with Gasteiger partial charge in [0.15, 0.2) is 6.04 Å². The Morgan fingerprint density at radius 2 is 2.05 bits per heavy atom. The predicted octanol–water partition coefficient (Wildman–Crippen LogP) is 1.52. The minimum Gasteiger partial charge on any atom is -0.480 e. The molecular formula is C13H16FNO4S. The van der Waals surface area contributed by atoms with Gasteiger partial charge in [0.2, 0.25) is 5.91 Å². The molecule has 0 bridgehead atoms. The van der Waals surface area contributed by atoms with Crippen LogP contribution >= 0.6 is 11.8 Å². The number of benzene rings is 1. The van der Waals surface area contributed by atoms with Crippen LogP contribution in [0.3, 0.4) is 0 Å². The highest BCUT2D eigenvalue weighted by atomic mass is 32.2. The van der Waals surface area contributed by atoms with Gasteiger partial charge in [0.25, 0.3) is 0 Å². The summed E-state index contributed by atoms with van der Waals surface area (Å²) in [5.41, 5.74) is 0. The van der Waals surface area contributed by atoms with Crippen LogP contribution in [-0.4, -0.2) is 42.5 Å². The van der Waals surface area contributed by atoms with Crippen LogP contribution < -0.4 is 5.32 Å². The van der Waals surface area contributed by atoms with E-state index in [0.29, 0.717) is 5.75 Å². The lowest BCUT2D eigenvalue weighted by atomic mass is 10.3. The Kier molecular flexibility index (Phi) is 7.03.